The van der Waals surface area contributed by atoms with Crippen molar-refractivity contribution in [2.45, 2.75) is 6.42 Å². The van der Waals surface area contributed by atoms with Gasteiger partial charge < -0.3 is 16.6 Å². The molecule has 1 heterocycles. The van der Waals surface area contributed by atoms with Crippen LogP contribution in [0.25, 0.3) is 5.69 Å². The van der Waals surface area contributed by atoms with E-state index in [-0.39, 0.29) is 18.1 Å². The number of aromatic nitrogens is 2. The van der Waals surface area contributed by atoms with Crippen molar-refractivity contribution in [2.24, 2.45) is 0 Å². The maximum absolute atomic E-state index is 10.7. The molecule has 0 bridgehead atoms. The van der Waals surface area contributed by atoms with E-state index in [4.69, 9.17) is 16.6 Å². The Hall–Kier alpha value is -2.02. The molecular formula is C11H11BrN4O2. The third-order valence-corrected chi connectivity index (χ3v) is 2.93. The fraction of sp³-hybridized carbons (Fsp3) is 0.0909. The minimum Gasteiger partial charge on any atom is -0.481 e. The molecule has 0 atom stereocenters. The summed E-state index contributed by atoms with van der Waals surface area (Å²) in [6.45, 7) is 0. The average Bonchev–Trinajstić information content (AvgIpc) is 2.56. The first-order chi connectivity index (χ1) is 8.49. The highest BCUT2D eigenvalue weighted by molar-refractivity contribution is 9.10. The van der Waals surface area contributed by atoms with Crippen LogP contribution in [0.5, 0.6) is 0 Å². The summed E-state index contributed by atoms with van der Waals surface area (Å²) < 4.78 is 2.30. The van der Waals surface area contributed by atoms with Gasteiger partial charge in [0, 0.05) is 10.0 Å². The molecule has 1 aromatic heterocycles. The summed E-state index contributed by atoms with van der Waals surface area (Å²) in [5, 5.41) is 12.8. The Morgan fingerprint density at radius 2 is 2.17 bits per heavy atom. The summed E-state index contributed by atoms with van der Waals surface area (Å²) in [6.07, 6.45) is -0.244. The molecule has 0 aliphatic heterocycles. The molecule has 18 heavy (non-hydrogen) atoms. The van der Waals surface area contributed by atoms with Crippen LogP contribution in [-0.4, -0.2) is 20.9 Å². The molecular weight excluding hydrogens is 300 g/mol. The van der Waals surface area contributed by atoms with Crippen molar-refractivity contribution in [3.63, 3.8) is 0 Å². The highest BCUT2D eigenvalue weighted by Crippen LogP contribution is 2.24. The number of aliphatic carboxylic acids is 1. The summed E-state index contributed by atoms with van der Waals surface area (Å²) in [5.74, 6) is -0.620. The van der Waals surface area contributed by atoms with Crippen molar-refractivity contribution >= 4 is 33.5 Å². The van der Waals surface area contributed by atoms with Gasteiger partial charge in [-0.1, -0.05) is 22.0 Å². The normalized spacial score (nSPS) is 10.5. The van der Waals surface area contributed by atoms with E-state index in [0.717, 1.165) is 4.47 Å². The SMILES string of the molecule is Nc1nn(-c2cccc(Br)c2)c(N)c1CC(=O)O. The molecule has 0 aliphatic rings. The quantitative estimate of drug-likeness (QED) is 0.795. The second-order valence-electron chi connectivity index (χ2n) is 3.71. The third kappa shape index (κ3) is 2.30. The molecule has 0 aliphatic carbocycles. The van der Waals surface area contributed by atoms with Crippen molar-refractivity contribution in [3.8, 4) is 5.69 Å². The minimum atomic E-state index is -0.998. The topological polar surface area (TPSA) is 107 Å². The summed E-state index contributed by atoms with van der Waals surface area (Å²) in [5.41, 5.74) is 12.6. The van der Waals surface area contributed by atoms with E-state index in [9.17, 15) is 4.79 Å². The zero-order valence-electron chi connectivity index (χ0n) is 9.30. The number of nitrogens with zero attached hydrogens (tertiary/aromatic N) is 2. The van der Waals surface area contributed by atoms with Crippen LogP contribution in [0.4, 0.5) is 11.6 Å². The zero-order valence-corrected chi connectivity index (χ0v) is 10.9. The summed E-state index contributed by atoms with van der Waals surface area (Å²) in [6, 6.07) is 7.31. The van der Waals surface area contributed by atoms with Gasteiger partial charge in [-0.25, -0.2) is 4.68 Å². The number of carboxylic acid groups (broad SMARTS) is 1. The Morgan fingerprint density at radius 1 is 1.44 bits per heavy atom. The van der Waals surface area contributed by atoms with Crippen LogP contribution in [0.1, 0.15) is 5.56 Å². The lowest BCUT2D eigenvalue weighted by Crippen LogP contribution is -2.06. The van der Waals surface area contributed by atoms with E-state index >= 15 is 0 Å². The molecule has 0 saturated carbocycles. The molecule has 1 aromatic carbocycles. The first kappa shape index (κ1) is 12.4. The molecule has 0 unspecified atom stereocenters. The Labute approximate surface area is 111 Å². The largest absolute Gasteiger partial charge is 0.481 e. The number of carbonyl (C=O) groups is 1. The van der Waals surface area contributed by atoms with Gasteiger partial charge in [-0.15, -0.1) is 5.10 Å². The fourth-order valence-corrected chi connectivity index (χ4v) is 2.01. The van der Waals surface area contributed by atoms with Crippen molar-refractivity contribution in [3.05, 3.63) is 34.3 Å². The molecule has 94 valence electrons. The van der Waals surface area contributed by atoms with Gasteiger partial charge in [-0.05, 0) is 18.2 Å². The maximum atomic E-state index is 10.7. The van der Waals surface area contributed by atoms with Crippen LogP contribution in [0.15, 0.2) is 28.7 Å². The van der Waals surface area contributed by atoms with E-state index in [1.165, 1.54) is 4.68 Å². The van der Waals surface area contributed by atoms with Crippen LogP contribution in [0.3, 0.4) is 0 Å². The highest BCUT2D eigenvalue weighted by Gasteiger charge is 2.17. The molecule has 6 nitrogen and oxygen atoms in total. The highest BCUT2D eigenvalue weighted by atomic mass is 79.9. The Kier molecular flexibility index (Phi) is 3.24. The third-order valence-electron chi connectivity index (χ3n) is 2.44. The van der Waals surface area contributed by atoms with Gasteiger partial charge in [0.2, 0.25) is 0 Å². The van der Waals surface area contributed by atoms with Crippen LogP contribution in [0, 0.1) is 0 Å². The lowest BCUT2D eigenvalue weighted by atomic mass is 10.2. The molecule has 0 radical (unpaired) electrons. The Bertz CT molecular complexity index is 609. The van der Waals surface area contributed by atoms with E-state index in [1.807, 2.05) is 18.2 Å². The van der Waals surface area contributed by atoms with E-state index in [2.05, 4.69) is 21.0 Å². The number of halogens is 1. The monoisotopic (exact) mass is 310 g/mol. The second kappa shape index (κ2) is 4.69. The summed E-state index contributed by atoms with van der Waals surface area (Å²) in [7, 11) is 0. The Morgan fingerprint density at radius 3 is 2.78 bits per heavy atom. The predicted octanol–water partition coefficient (Wildman–Crippen LogP) is 1.43. The number of benzene rings is 1. The number of nitrogens with two attached hydrogens (primary N) is 2. The number of anilines is 2. The van der Waals surface area contributed by atoms with Crippen molar-refractivity contribution in [1.29, 1.82) is 0 Å². The summed E-state index contributed by atoms with van der Waals surface area (Å²) in [4.78, 5) is 10.7. The smallest absolute Gasteiger partial charge is 0.308 e. The van der Waals surface area contributed by atoms with Crippen LogP contribution >= 0.6 is 15.9 Å². The van der Waals surface area contributed by atoms with Crippen molar-refractivity contribution in [2.75, 3.05) is 11.5 Å². The number of hydrogen-bond acceptors (Lipinski definition) is 4. The molecule has 0 saturated heterocycles. The van der Waals surface area contributed by atoms with Gasteiger partial charge in [0.05, 0.1) is 12.1 Å². The van der Waals surface area contributed by atoms with Crippen LogP contribution < -0.4 is 11.5 Å². The molecule has 0 spiro atoms. The lowest BCUT2D eigenvalue weighted by molar-refractivity contribution is -0.136. The van der Waals surface area contributed by atoms with Crippen LogP contribution in [0.2, 0.25) is 0 Å². The van der Waals surface area contributed by atoms with Gasteiger partial charge in [-0.3, -0.25) is 4.79 Å². The van der Waals surface area contributed by atoms with E-state index < -0.39 is 5.97 Å². The number of hydrogen-bond donors (Lipinski definition) is 3. The molecule has 7 heteroatoms. The molecule has 0 amide bonds. The van der Waals surface area contributed by atoms with Gasteiger partial charge in [0.1, 0.15) is 5.82 Å². The zero-order chi connectivity index (χ0) is 13.3. The predicted molar refractivity (Wildman–Crippen MR) is 71.4 cm³/mol. The molecule has 2 aromatic rings. The Balaban J connectivity index is 2.50. The standard InChI is InChI=1S/C11H11BrN4O2/c12-6-2-1-3-7(4-6)16-11(14)8(5-9(17)18)10(13)15-16/h1-4H,5,14H2,(H2,13,15)(H,17,18). The first-order valence-electron chi connectivity index (χ1n) is 5.09. The molecule has 2 rings (SSSR count). The van der Waals surface area contributed by atoms with Crippen molar-refractivity contribution < 1.29 is 9.90 Å². The molecule has 5 N–H and O–H groups in total. The average molecular weight is 311 g/mol. The molecule has 0 fully saturated rings. The first-order valence-corrected chi connectivity index (χ1v) is 5.89. The number of rotatable bonds is 3. The van der Waals surface area contributed by atoms with Gasteiger partial charge >= 0.3 is 5.97 Å². The van der Waals surface area contributed by atoms with Crippen molar-refractivity contribution in [1.82, 2.24) is 9.78 Å². The minimum absolute atomic E-state index is 0.134. The fourth-order valence-electron chi connectivity index (χ4n) is 1.62. The van der Waals surface area contributed by atoms with Gasteiger partial charge in [-0.2, -0.15) is 0 Å². The van der Waals surface area contributed by atoms with Gasteiger partial charge in [0.25, 0.3) is 0 Å². The maximum Gasteiger partial charge on any atom is 0.308 e. The van der Waals surface area contributed by atoms with Gasteiger partial charge in [0.15, 0.2) is 5.82 Å². The lowest BCUT2D eigenvalue weighted by Gasteiger charge is -2.04. The number of carboxylic acids is 1. The summed E-state index contributed by atoms with van der Waals surface area (Å²) >= 11 is 3.34. The van der Waals surface area contributed by atoms with Crippen LogP contribution in [-0.2, 0) is 11.2 Å². The number of nitrogen functional groups attached to an aromatic ring is 2. The van der Waals surface area contributed by atoms with E-state index in [0.29, 0.717) is 11.3 Å². The van der Waals surface area contributed by atoms with E-state index in [1.54, 1.807) is 6.07 Å². The second-order valence-corrected chi connectivity index (χ2v) is 4.63.